The molecular formula is C37H65NO5S2. The van der Waals surface area contributed by atoms with Crippen LogP contribution in [-0.4, -0.2) is 54.0 Å². The minimum Gasteiger partial charge on any atom is -0.465 e. The molecule has 0 saturated carbocycles. The van der Waals surface area contributed by atoms with E-state index in [4.69, 9.17) is 14.2 Å². The van der Waals surface area contributed by atoms with Gasteiger partial charge in [-0.3, -0.25) is 9.59 Å². The van der Waals surface area contributed by atoms with Gasteiger partial charge in [-0.05, 0) is 91.0 Å². The fourth-order valence-corrected chi connectivity index (χ4v) is 7.20. The maximum absolute atomic E-state index is 14.6. The molecule has 1 aromatic heterocycles. The van der Waals surface area contributed by atoms with Crippen molar-refractivity contribution in [2.75, 3.05) is 26.1 Å². The van der Waals surface area contributed by atoms with Gasteiger partial charge in [-0.2, -0.15) is 0 Å². The van der Waals surface area contributed by atoms with E-state index < -0.39 is 11.0 Å². The number of carbonyl (C=O) groups is 2. The van der Waals surface area contributed by atoms with Gasteiger partial charge in [0, 0.05) is 25.0 Å². The predicted octanol–water partition coefficient (Wildman–Crippen LogP) is 9.95. The molecule has 0 fully saturated rings. The van der Waals surface area contributed by atoms with Crippen molar-refractivity contribution in [3.8, 4) is 0 Å². The van der Waals surface area contributed by atoms with Crippen LogP contribution in [0.25, 0.3) is 0 Å². The van der Waals surface area contributed by atoms with Crippen LogP contribution in [0.5, 0.6) is 0 Å². The minimum absolute atomic E-state index is 0.0613. The molecule has 260 valence electrons. The van der Waals surface area contributed by atoms with Crippen molar-refractivity contribution in [1.82, 2.24) is 4.98 Å². The van der Waals surface area contributed by atoms with Crippen LogP contribution in [0.4, 0.5) is 0 Å². The average Bonchev–Trinajstić information content (AvgIpc) is 2.90. The van der Waals surface area contributed by atoms with Crippen LogP contribution in [0.2, 0.25) is 0 Å². The highest BCUT2D eigenvalue weighted by Crippen LogP contribution is 2.56. The van der Waals surface area contributed by atoms with E-state index in [0.717, 1.165) is 5.03 Å². The molecule has 0 saturated heterocycles. The van der Waals surface area contributed by atoms with Crippen molar-refractivity contribution in [2.24, 2.45) is 39.4 Å². The van der Waals surface area contributed by atoms with E-state index in [9.17, 15) is 9.59 Å². The highest BCUT2D eigenvalue weighted by atomic mass is 33.1. The SMILES string of the molecule is COC(C)(C)CCOC(C)(C)C(=O)C(C(C)C(C)(C)C)C(C)(C)C(C)(C)CC(C(=O)OCCSSc1ccccn1)C(C)(C)C. The summed E-state index contributed by atoms with van der Waals surface area (Å²) in [5.41, 5.74) is -2.59. The number of hydrogen-bond donors (Lipinski definition) is 0. The molecule has 3 atom stereocenters. The number of nitrogens with zero attached hydrogens (tertiary/aromatic N) is 1. The van der Waals surface area contributed by atoms with Gasteiger partial charge in [0.1, 0.15) is 17.2 Å². The lowest BCUT2D eigenvalue weighted by atomic mass is 9.50. The number of Topliss-reactive ketones (excluding diaryl/α,β-unsaturated/α-hetero) is 1. The van der Waals surface area contributed by atoms with E-state index in [2.05, 4.69) is 81.1 Å². The third-order valence-corrected chi connectivity index (χ3v) is 12.4. The number of esters is 1. The summed E-state index contributed by atoms with van der Waals surface area (Å²) in [6.45, 7) is 32.6. The number of carbonyl (C=O) groups excluding carboxylic acids is 2. The molecule has 0 amide bonds. The molecule has 0 N–H and O–H groups in total. The second-order valence-corrected chi connectivity index (χ2v) is 19.5. The summed E-state index contributed by atoms with van der Waals surface area (Å²) in [5.74, 6) is 0.0264. The second kappa shape index (κ2) is 16.3. The van der Waals surface area contributed by atoms with Crippen molar-refractivity contribution in [3.05, 3.63) is 24.4 Å². The van der Waals surface area contributed by atoms with Crippen LogP contribution in [-0.2, 0) is 23.8 Å². The monoisotopic (exact) mass is 667 g/mol. The van der Waals surface area contributed by atoms with Gasteiger partial charge >= 0.3 is 5.97 Å². The summed E-state index contributed by atoms with van der Waals surface area (Å²) in [6, 6.07) is 5.83. The Hall–Kier alpha value is -1.09. The molecule has 0 aliphatic carbocycles. The summed E-state index contributed by atoms with van der Waals surface area (Å²) in [4.78, 5) is 32.6. The summed E-state index contributed by atoms with van der Waals surface area (Å²) in [7, 11) is 4.91. The molecule has 6 nitrogen and oxygen atoms in total. The first kappa shape index (κ1) is 41.9. The fraction of sp³-hybridized carbons (Fsp3) is 0.811. The Morgan fingerprint density at radius 3 is 1.96 bits per heavy atom. The topological polar surface area (TPSA) is 74.7 Å². The molecule has 1 heterocycles. The lowest BCUT2D eigenvalue weighted by Crippen LogP contribution is -2.55. The number of pyridine rings is 1. The van der Waals surface area contributed by atoms with Crippen LogP contribution in [0.1, 0.15) is 117 Å². The molecule has 45 heavy (non-hydrogen) atoms. The molecule has 1 rings (SSSR count). The van der Waals surface area contributed by atoms with Crippen molar-refractivity contribution in [3.63, 3.8) is 0 Å². The van der Waals surface area contributed by atoms with E-state index in [1.165, 1.54) is 0 Å². The van der Waals surface area contributed by atoms with Crippen molar-refractivity contribution >= 4 is 33.3 Å². The summed E-state index contributed by atoms with van der Waals surface area (Å²) in [5, 5.41) is 0.936. The van der Waals surface area contributed by atoms with Gasteiger partial charge in [0.25, 0.3) is 0 Å². The number of ketones is 1. The number of methoxy groups -OCH3 is 1. The van der Waals surface area contributed by atoms with Gasteiger partial charge in [0.05, 0.1) is 18.1 Å². The highest BCUT2D eigenvalue weighted by Gasteiger charge is 2.55. The molecule has 0 spiro atoms. The third kappa shape index (κ3) is 12.5. The molecule has 0 aliphatic rings. The van der Waals surface area contributed by atoms with Crippen LogP contribution in [0.3, 0.4) is 0 Å². The molecule has 0 radical (unpaired) electrons. The largest absolute Gasteiger partial charge is 0.465 e. The Balaban J connectivity index is 3.22. The van der Waals surface area contributed by atoms with Crippen molar-refractivity contribution in [1.29, 1.82) is 0 Å². The normalized spacial score (nSPS) is 15.8. The first-order valence-corrected chi connectivity index (χ1v) is 18.7. The van der Waals surface area contributed by atoms with Gasteiger partial charge in [-0.1, -0.05) is 93.0 Å². The maximum atomic E-state index is 14.6. The quantitative estimate of drug-likeness (QED) is 0.0870. The number of rotatable bonds is 18. The second-order valence-electron chi connectivity index (χ2n) is 17.0. The van der Waals surface area contributed by atoms with E-state index in [-0.39, 0.29) is 51.4 Å². The lowest BCUT2D eigenvalue weighted by molar-refractivity contribution is -0.163. The molecular weight excluding hydrogens is 603 g/mol. The van der Waals surface area contributed by atoms with Crippen LogP contribution in [0, 0.1) is 39.4 Å². The highest BCUT2D eigenvalue weighted by molar-refractivity contribution is 8.76. The van der Waals surface area contributed by atoms with Gasteiger partial charge < -0.3 is 14.2 Å². The van der Waals surface area contributed by atoms with Crippen LogP contribution < -0.4 is 0 Å². The first-order chi connectivity index (χ1) is 20.3. The molecule has 8 heteroatoms. The number of aromatic nitrogens is 1. The zero-order valence-corrected chi connectivity index (χ0v) is 33.0. The average molecular weight is 668 g/mol. The summed E-state index contributed by atoms with van der Waals surface area (Å²) in [6.07, 6.45) is 3.06. The van der Waals surface area contributed by atoms with Gasteiger partial charge in [-0.15, -0.1) is 0 Å². The molecule has 0 bridgehead atoms. The van der Waals surface area contributed by atoms with E-state index in [1.54, 1.807) is 34.9 Å². The van der Waals surface area contributed by atoms with Crippen LogP contribution in [0.15, 0.2) is 29.4 Å². The van der Waals surface area contributed by atoms with Crippen molar-refractivity contribution in [2.45, 2.75) is 133 Å². The summed E-state index contributed by atoms with van der Waals surface area (Å²) < 4.78 is 17.8. The van der Waals surface area contributed by atoms with E-state index in [1.807, 2.05) is 45.9 Å². The fourth-order valence-electron chi connectivity index (χ4n) is 5.49. The van der Waals surface area contributed by atoms with E-state index >= 15 is 0 Å². The molecule has 3 unspecified atom stereocenters. The Morgan fingerprint density at radius 2 is 1.47 bits per heavy atom. The Bertz CT molecular complexity index is 1070. The molecule has 1 aromatic rings. The Kier molecular flexibility index (Phi) is 15.2. The van der Waals surface area contributed by atoms with Gasteiger partial charge in [-0.25, -0.2) is 4.98 Å². The van der Waals surface area contributed by atoms with Crippen molar-refractivity contribution < 1.29 is 23.8 Å². The smallest absolute Gasteiger partial charge is 0.309 e. The zero-order chi connectivity index (χ0) is 35.1. The molecule has 0 aliphatic heterocycles. The summed E-state index contributed by atoms with van der Waals surface area (Å²) >= 11 is 0. The minimum atomic E-state index is -0.978. The standard InChI is InChI=1S/C37H65NO5S2/c1-26(32(2,3)4)29(30(39)37(14,15)43-22-20-35(10,11)41-16)36(12,13)34(8,9)25-27(33(5,6)7)31(40)42-23-24-44-45-28-19-17-18-21-38-28/h17-19,21,26-27,29H,20,22-25H2,1-16H3. The Morgan fingerprint density at radius 1 is 0.867 bits per heavy atom. The van der Waals surface area contributed by atoms with Gasteiger partial charge in [0.2, 0.25) is 0 Å². The van der Waals surface area contributed by atoms with E-state index in [0.29, 0.717) is 31.8 Å². The van der Waals surface area contributed by atoms with Crippen LogP contribution >= 0.6 is 21.6 Å². The Labute approximate surface area is 284 Å². The first-order valence-electron chi connectivity index (χ1n) is 16.4. The number of ether oxygens (including phenoxy) is 3. The zero-order valence-electron chi connectivity index (χ0n) is 31.4. The molecule has 0 aromatic carbocycles. The van der Waals surface area contributed by atoms with Gasteiger partial charge in [0.15, 0.2) is 5.78 Å². The lowest BCUT2D eigenvalue weighted by Gasteiger charge is -2.53. The predicted molar refractivity (Wildman–Crippen MR) is 191 cm³/mol. The maximum Gasteiger partial charge on any atom is 0.309 e. The third-order valence-electron chi connectivity index (χ3n) is 10.2. The number of hydrogen-bond acceptors (Lipinski definition) is 8.